The van der Waals surface area contributed by atoms with Gasteiger partial charge in [-0.15, -0.1) is 0 Å². The summed E-state index contributed by atoms with van der Waals surface area (Å²) in [5, 5.41) is 8.27. The zero-order chi connectivity index (χ0) is 24.2. The monoisotopic (exact) mass is 470 g/mol. The van der Waals surface area contributed by atoms with Crippen molar-refractivity contribution in [2.45, 2.75) is 32.6 Å². The van der Waals surface area contributed by atoms with Gasteiger partial charge in [-0.1, -0.05) is 0 Å². The lowest BCUT2D eigenvalue weighted by Crippen LogP contribution is -2.45. The largest absolute Gasteiger partial charge is 0.493 e. The van der Waals surface area contributed by atoms with Gasteiger partial charge in [-0.3, -0.25) is 4.79 Å². The molecule has 182 valence electrons. The fourth-order valence-corrected chi connectivity index (χ4v) is 4.24. The van der Waals surface area contributed by atoms with Gasteiger partial charge in [0, 0.05) is 25.2 Å². The van der Waals surface area contributed by atoms with Crippen molar-refractivity contribution in [3.63, 3.8) is 0 Å². The van der Waals surface area contributed by atoms with Crippen LogP contribution in [0.4, 0.5) is 5.82 Å². The second-order valence-electron chi connectivity index (χ2n) is 8.13. The number of hydrogen-bond acceptors (Lipinski definition) is 9. The van der Waals surface area contributed by atoms with Crippen LogP contribution in [-0.4, -0.2) is 78.8 Å². The van der Waals surface area contributed by atoms with E-state index in [1.54, 1.807) is 29.3 Å². The number of aromatic nitrogens is 4. The highest BCUT2D eigenvalue weighted by Gasteiger charge is 2.25. The third-order valence-electron chi connectivity index (χ3n) is 5.67. The van der Waals surface area contributed by atoms with Crippen LogP contribution in [0.1, 0.15) is 24.2 Å². The Morgan fingerprint density at radius 2 is 1.76 bits per heavy atom. The van der Waals surface area contributed by atoms with Gasteiger partial charge in [0.15, 0.2) is 17.1 Å². The summed E-state index contributed by atoms with van der Waals surface area (Å²) in [5.41, 5.74) is 1.12. The average molecular weight is 471 g/mol. The summed E-state index contributed by atoms with van der Waals surface area (Å²) < 4.78 is 23.6. The maximum absolute atomic E-state index is 12.8. The average Bonchev–Trinajstić information content (AvgIpc) is 3.25. The number of nitrogens with one attached hydrogen (secondary N) is 1. The van der Waals surface area contributed by atoms with Gasteiger partial charge >= 0.3 is 0 Å². The molecule has 0 bridgehead atoms. The van der Waals surface area contributed by atoms with E-state index in [4.69, 9.17) is 18.9 Å². The molecule has 0 radical (unpaired) electrons. The molecule has 34 heavy (non-hydrogen) atoms. The summed E-state index contributed by atoms with van der Waals surface area (Å²) in [6.07, 6.45) is 3.56. The van der Waals surface area contributed by atoms with Gasteiger partial charge in [0.2, 0.25) is 5.75 Å². The minimum atomic E-state index is -0.262. The molecule has 0 spiro atoms. The number of ether oxygens (including phenoxy) is 4. The van der Waals surface area contributed by atoms with Gasteiger partial charge in [0.1, 0.15) is 12.1 Å². The maximum Gasteiger partial charge on any atom is 0.251 e. The van der Waals surface area contributed by atoms with Crippen molar-refractivity contribution in [2.24, 2.45) is 0 Å². The van der Waals surface area contributed by atoms with Crippen molar-refractivity contribution in [1.82, 2.24) is 25.1 Å². The van der Waals surface area contributed by atoms with Crippen LogP contribution >= 0.6 is 0 Å². The van der Waals surface area contributed by atoms with E-state index in [0.717, 1.165) is 29.9 Å². The molecule has 2 unspecified atom stereocenters. The number of methoxy groups -OCH3 is 3. The lowest BCUT2D eigenvalue weighted by Gasteiger charge is -2.36. The number of benzene rings is 1. The first-order valence-electron chi connectivity index (χ1n) is 11.1. The first-order valence-corrected chi connectivity index (χ1v) is 11.1. The number of carbonyl (C=O) groups excluding carboxylic acids is 1. The molecular formula is C23H30N6O5. The van der Waals surface area contributed by atoms with Gasteiger partial charge < -0.3 is 29.2 Å². The smallest absolute Gasteiger partial charge is 0.251 e. The number of hydrogen-bond donors (Lipinski definition) is 1. The van der Waals surface area contributed by atoms with E-state index in [1.807, 2.05) is 0 Å². The second-order valence-corrected chi connectivity index (χ2v) is 8.13. The molecule has 0 saturated carbocycles. The molecule has 1 aliphatic rings. The fraction of sp³-hybridized carbons (Fsp3) is 0.478. The Labute approximate surface area is 198 Å². The van der Waals surface area contributed by atoms with Gasteiger partial charge in [-0.05, 0) is 26.0 Å². The highest BCUT2D eigenvalue weighted by Crippen LogP contribution is 2.38. The summed E-state index contributed by atoms with van der Waals surface area (Å²) in [6.45, 7) is 6.44. The quantitative estimate of drug-likeness (QED) is 0.527. The Balaban J connectivity index is 1.46. The van der Waals surface area contributed by atoms with Crippen LogP contribution in [0.15, 0.2) is 24.7 Å². The number of carbonyl (C=O) groups is 1. The minimum Gasteiger partial charge on any atom is -0.493 e. The van der Waals surface area contributed by atoms with Crippen LogP contribution in [0.2, 0.25) is 0 Å². The van der Waals surface area contributed by atoms with Crippen molar-refractivity contribution in [2.75, 3.05) is 45.9 Å². The summed E-state index contributed by atoms with van der Waals surface area (Å²) in [5.74, 6) is 1.85. The van der Waals surface area contributed by atoms with Crippen molar-refractivity contribution in [3.05, 3.63) is 30.2 Å². The lowest BCUT2D eigenvalue weighted by atomic mass is 10.1. The van der Waals surface area contributed by atoms with E-state index in [9.17, 15) is 4.79 Å². The van der Waals surface area contributed by atoms with E-state index in [-0.39, 0.29) is 18.1 Å². The van der Waals surface area contributed by atoms with Gasteiger partial charge in [0.05, 0.1) is 51.7 Å². The Kier molecular flexibility index (Phi) is 7.01. The van der Waals surface area contributed by atoms with Gasteiger partial charge in [-0.2, -0.15) is 5.10 Å². The molecule has 11 heteroatoms. The zero-order valence-corrected chi connectivity index (χ0v) is 20.1. The molecule has 2 atom stereocenters. The van der Waals surface area contributed by atoms with Crippen molar-refractivity contribution in [1.29, 1.82) is 0 Å². The molecule has 0 aliphatic carbocycles. The predicted molar refractivity (Wildman–Crippen MR) is 126 cm³/mol. The number of fused-ring (bicyclic) bond motifs is 1. The standard InChI is InChI=1S/C23H30N6O5/c1-14-11-28(12-15(2)34-14)21-17-10-27-29(22(17)26-13-25-21)7-6-24-23(30)16-8-18(31-3)20(33-5)19(9-16)32-4/h8-10,13-15H,6-7,11-12H2,1-5H3,(H,24,30). The number of amides is 1. The van der Waals surface area contributed by atoms with Gasteiger partial charge in [-0.25, -0.2) is 14.6 Å². The minimum absolute atomic E-state index is 0.120. The van der Waals surface area contributed by atoms with Crippen LogP contribution in [0.25, 0.3) is 11.0 Å². The first-order chi connectivity index (χ1) is 16.4. The molecule has 1 aromatic carbocycles. The molecule has 1 saturated heterocycles. The molecule has 3 aromatic rings. The highest BCUT2D eigenvalue weighted by atomic mass is 16.5. The van der Waals surface area contributed by atoms with E-state index in [0.29, 0.717) is 35.9 Å². The fourth-order valence-electron chi connectivity index (χ4n) is 4.24. The Hall–Kier alpha value is -3.60. The van der Waals surface area contributed by atoms with Crippen molar-refractivity contribution in [3.8, 4) is 17.2 Å². The van der Waals surface area contributed by atoms with Crippen LogP contribution in [0.5, 0.6) is 17.2 Å². The Bertz CT molecular complexity index is 1130. The number of anilines is 1. The Morgan fingerprint density at radius 3 is 2.38 bits per heavy atom. The number of morpholine rings is 1. The maximum atomic E-state index is 12.8. The Morgan fingerprint density at radius 1 is 1.09 bits per heavy atom. The van der Waals surface area contributed by atoms with Crippen molar-refractivity contribution >= 4 is 22.8 Å². The summed E-state index contributed by atoms with van der Waals surface area (Å²) in [6, 6.07) is 3.23. The third-order valence-corrected chi connectivity index (χ3v) is 5.67. The van der Waals surface area contributed by atoms with Gasteiger partial charge in [0.25, 0.3) is 5.91 Å². The molecule has 1 N–H and O–H groups in total. The van der Waals surface area contributed by atoms with Crippen LogP contribution < -0.4 is 24.4 Å². The first kappa shape index (κ1) is 23.6. The molecule has 2 aromatic heterocycles. The molecule has 3 heterocycles. The normalized spacial score (nSPS) is 18.1. The lowest BCUT2D eigenvalue weighted by molar-refractivity contribution is -0.00537. The molecule has 11 nitrogen and oxygen atoms in total. The van der Waals surface area contributed by atoms with Crippen LogP contribution in [0.3, 0.4) is 0 Å². The topological polar surface area (TPSA) is 113 Å². The predicted octanol–water partition coefficient (Wildman–Crippen LogP) is 1.90. The summed E-state index contributed by atoms with van der Waals surface area (Å²) in [4.78, 5) is 23.9. The third kappa shape index (κ3) is 4.69. The molecule has 4 rings (SSSR count). The molecule has 1 aliphatic heterocycles. The van der Waals surface area contributed by atoms with E-state index >= 15 is 0 Å². The molecular weight excluding hydrogens is 440 g/mol. The molecule has 1 amide bonds. The number of nitrogens with zero attached hydrogens (tertiary/aromatic N) is 5. The second kappa shape index (κ2) is 10.1. The zero-order valence-electron chi connectivity index (χ0n) is 20.1. The SMILES string of the molecule is COc1cc(C(=O)NCCn2ncc3c(N4CC(C)OC(C)C4)ncnc32)cc(OC)c1OC. The highest BCUT2D eigenvalue weighted by molar-refractivity contribution is 5.95. The van der Waals surface area contributed by atoms with Crippen LogP contribution in [0, 0.1) is 0 Å². The number of rotatable bonds is 8. The summed E-state index contributed by atoms with van der Waals surface area (Å²) in [7, 11) is 4.54. The van der Waals surface area contributed by atoms with E-state index in [1.165, 1.54) is 21.3 Å². The summed E-state index contributed by atoms with van der Waals surface area (Å²) >= 11 is 0. The molecule has 1 fully saturated rings. The van der Waals surface area contributed by atoms with Crippen LogP contribution in [-0.2, 0) is 11.3 Å². The van der Waals surface area contributed by atoms with Crippen molar-refractivity contribution < 1.29 is 23.7 Å². The van der Waals surface area contributed by atoms with E-state index in [2.05, 4.69) is 39.1 Å². The van der Waals surface area contributed by atoms with E-state index < -0.39 is 0 Å².